The molecule has 1 rings (SSSR count). The van der Waals surface area contributed by atoms with E-state index in [-0.39, 0.29) is 0 Å². The standard InChI is InChI=1S/C10H8BrF3/c1-6(11)2-3-7-4-8(12)10(14)9(13)5-7/h4-5H,1-3H2. The van der Waals surface area contributed by atoms with Gasteiger partial charge in [-0.15, -0.1) is 0 Å². The first-order valence-electron chi connectivity index (χ1n) is 3.97. The van der Waals surface area contributed by atoms with Crippen molar-refractivity contribution < 1.29 is 13.2 Å². The minimum Gasteiger partial charge on any atom is -0.204 e. The molecule has 0 amide bonds. The van der Waals surface area contributed by atoms with Crippen LogP contribution in [0.3, 0.4) is 0 Å². The van der Waals surface area contributed by atoms with Gasteiger partial charge >= 0.3 is 0 Å². The summed E-state index contributed by atoms with van der Waals surface area (Å²) < 4.78 is 38.7. The van der Waals surface area contributed by atoms with Gasteiger partial charge in [-0.1, -0.05) is 22.5 Å². The van der Waals surface area contributed by atoms with E-state index in [1.165, 1.54) is 0 Å². The number of rotatable bonds is 3. The summed E-state index contributed by atoms with van der Waals surface area (Å²) in [6.07, 6.45) is 0.989. The molecule has 0 unspecified atom stereocenters. The predicted octanol–water partition coefficient (Wildman–Crippen LogP) is 3.95. The second-order valence-corrected chi connectivity index (χ2v) is 4.01. The molecule has 0 radical (unpaired) electrons. The smallest absolute Gasteiger partial charge is 0.194 e. The molecule has 0 aromatic heterocycles. The lowest BCUT2D eigenvalue weighted by Crippen LogP contribution is -1.94. The average Bonchev–Trinajstić information content (AvgIpc) is 2.10. The molecule has 1 aromatic carbocycles. The van der Waals surface area contributed by atoms with Crippen molar-refractivity contribution in [3.8, 4) is 0 Å². The number of halogens is 4. The molecule has 0 heterocycles. The van der Waals surface area contributed by atoms with Gasteiger partial charge in [-0.25, -0.2) is 13.2 Å². The van der Waals surface area contributed by atoms with Crippen LogP contribution in [-0.4, -0.2) is 0 Å². The maximum absolute atomic E-state index is 12.7. The van der Waals surface area contributed by atoms with Crippen molar-refractivity contribution in [2.24, 2.45) is 0 Å². The fraction of sp³-hybridized carbons (Fsp3) is 0.200. The van der Waals surface area contributed by atoms with Crippen LogP contribution in [0.2, 0.25) is 0 Å². The number of hydrogen-bond acceptors (Lipinski definition) is 0. The van der Waals surface area contributed by atoms with E-state index in [2.05, 4.69) is 22.5 Å². The van der Waals surface area contributed by atoms with Crippen LogP contribution in [0.5, 0.6) is 0 Å². The lowest BCUT2D eigenvalue weighted by molar-refractivity contribution is 0.445. The van der Waals surface area contributed by atoms with Crippen LogP contribution in [-0.2, 0) is 6.42 Å². The summed E-state index contributed by atoms with van der Waals surface area (Å²) in [6.45, 7) is 3.59. The zero-order valence-electron chi connectivity index (χ0n) is 7.29. The second-order valence-electron chi connectivity index (χ2n) is 2.89. The van der Waals surface area contributed by atoms with E-state index in [9.17, 15) is 13.2 Å². The van der Waals surface area contributed by atoms with Gasteiger partial charge in [-0.3, -0.25) is 0 Å². The van der Waals surface area contributed by atoms with Crippen molar-refractivity contribution >= 4 is 15.9 Å². The maximum Gasteiger partial charge on any atom is 0.194 e. The molecular weight excluding hydrogens is 257 g/mol. The van der Waals surface area contributed by atoms with Gasteiger partial charge in [0.15, 0.2) is 17.5 Å². The van der Waals surface area contributed by atoms with E-state index in [1.807, 2.05) is 0 Å². The van der Waals surface area contributed by atoms with Gasteiger partial charge in [0.05, 0.1) is 0 Å². The normalized spacial score (nSPS) is 10.3. The molecule has 76 valence electrons. The van der Waals surface area contributed by atoms with E-state index in [0.29, 0.717) is 18.4 Å². The number of hydrogen-bond donors (Lipinski definition) is 0. The third kappa shape index (κ3) is 2.87. The van der Waals surface area contributed by atoms with E-state index < -0.39 is 17.5 Å². The number of benzene rings is 1. The molecule has 0 N–H and O–H groups in total. The van der Waals surface area contributed by atoms with Crippen LogP contribution in [0, 0.1) is 17.5 Å². The highest BCUT2D eigenvalue weighted by molar-refractivity contribution is 9.11. The summed E-state index contributed by atoms with van der Waals surface area (Å²) in [5.41, 5.74) is 0.419. The molecule has 0 spiro atoms. The summed E-state index contributed by atoms with van der Waals surface area (Å²) >= 11 is 3.13. The molecule has 0 fully saturated rings. The quantitative estimate of drug-likeness (QED) is 0.726. The Hall–Kier alpha value is -0.770. The summed E-state index contributed by atoms with van der Waals surface area (Å²) in [6, 6.07) is 1.99. The van der Waals surface area contributed by atoms with Gasteiger partial charge in [-0.05, 0) is 35.0 Å². The molecule has 4 heteroatoms. The van der Waals surface area contributed by atoms with Crippen LogP contribution < -0.4 is 0 Å². The molecule has 14 heavy (non-hydrogen) atoms. The van der Waals surface area contributed by atoms with Gasteiger partial charge < -0.3 is 0 Å². The molecule has 0 aliphatic heterocycles. The minimum absolute atomic E-state index is 0.419. The summed E-state index contributed by atoms with van der Waals surface area (Å²) in [5.74, 6) is -3.73. The average molecular weight is 265 g/mol. The largest absolute Gasteiger partial charge is 0.204 e. The Labute approximate surface area is 88.6 Å². The molecule has 0 aliphatic carbocycles. The van der Waals surface area contributed by atoms with Crippen LogP contribution in [0.15, 0.2) is 23.2 Å². The first kappa shape index (κ1) is 11.3. The Kier molecular flexibility index (Phi) is 3.75. The Morgan fingerprint density at radius 1 is 1.21 bits per heavy atom. The van der Waals surface area contributed by atoms with Crippen molar-refractivity contribution in [1.29, 1.82) is 0 Å². The first-order valence-corrected chi connectivity index (χ1v) is 4.76. The zero-order chi connectivity index (χ0) is 10.7. The molecule has 0 saturated heterocycles. The van der Waals surface area contributed by atoms with Crippen LogP contribution in [0.4, 0.5) is 13.2 Å². The fourth-order valence-corrected chi connectivity index (χ4v) is 1.23. The second kappa shape index (κ2) is 4.64. The van der Waals surface area contributed by atoms with Crippen LogP contribution in [0.1, 0.15) is 12.0 Å². The highest BCUT2D eigenvalue weighted by atomic mass is 79.9. The molecular formula is C10H8BrF3. The summed E-state index contributed by atoms with van der Waals surface area (Å²) in [4.78, 5) is 0. The lowest BCUT2D eigenvalue weighted by atomic mass is 10.1. The molecule has 0 saturated carbocycles. The maximum atomic E-state index is 12.7. The Morgan fingerprint density at radius 3 is 2.14 bits per heavy atom. The molecule has 1 aromatic rings. The van der Waals surface area contributed by atoms with Gasteiger partial charge in [0.25, 0.3) is 0 Å². The first-order chi connectivity index (χ1) is 6.50. The van der Waals surface area contributed by atoms with Gasteiger partial charge in [0.1, 0.15) is 0 Å². The number of aryl methyl sites for hydroxylation is 1. The third-order valence-corrected chi connectivity index (χ3v) is 2.13. The summed E-state index contributed by atoms with van der Waals surface area (Å²) in [5, 5.41) is 0. The van der Waals surface area contributed by atoms with E-state index >= 15 is 0 Å². The third-order valence-electron chi connectivity index (χ3n) is 1.73. The SMILES string of the molecule is C=C(Br)CCc1cc(F)c(F)c(F)c1. The van der Waals surface area contributed by atoms with Gasteiger partial charge in [0, 0.05) is 0 Å². The Balaban J connectivity index is 2.84. The topological polar surface area (TPSA) is 0 Å². The molecule has 0 bridgehead atoms. The van der Waals surface area contributed by atoms with Crippen molar-refractivity contribution in [2.75, 3.05) is 0 Å². The lowest BCUT2D eigenvalue weighted by Gasteiger charge is -2.02. The van der Waals surface area contributed by atoms with Crippen molar-refractivity contribution in [1.82, 2.24) is 0 Å². The fourth-order valence-electron chi connectivity index (χ4n) is 1.03. The molecule has 0 nitrogen and oxygen atoms in total. The van der Waals surface area contributed by atoms with E-state index in [4.69, 9.17) is 0 Å². The predicted molar refractivity (Wildman–Crippen MR) is 52.7 cm³/mol. The zero-order valence-corrected chi connectivity index (χ0v) is 8.87. The molecule has 0 atom stereocenters. The van der Waals surface area contributed by atoms with E-state index in [1.54, 1.807) is 0 Å². The minimum atomic E-state index is -1.42. The van der Waals surface area contributed by atoms with Crippen molar-refractivity contribution in [2.45, 2.75) is 12.8 Å². The van der Waals surface area contributed by atoms with Crippen LogP contribution >= 0.6 is 15.9 Å². The highest BCUT2D eigenvalue weighted by Crippen LogP contribution is 2.17. The van der Waals surface area contributed by atoms with Crippen molar-refractivity contribution in [3.63, 3.8) is 0 Å². The van der Waals surface area contributed by atoms with E-state index in [0.717, 1.165) is 16.6 Å². The Morgan fingerprint density at radius 2 is 1.71 bits per heavy atom. The van der Waals surface area contributed by atoms with Gasteiger partial charge in [0.2, 0.25) is 0 Å². The Bertz CT molecular complexity index is 337. The monoisotopic (exact) mass is 264 g/mol. The van der Waals surface area contributed by atoms with Crippen LogP contribution in [0.25, 0.3) is 0 Å². The van der Waals surface area contributed by atoms with Crippen molar-refractivity contribution in [3.05, 3.63) is 46.2 Å². The molecule has 0 aliphatic rings. The summed E-state index contributed by atoms with van der Waals surface area (Å²) in [7, 11) is 0. The van der Waals surface area contributed by atoms with Gasteiger partial charge in [-0.2, -0.15) is 0 Å². The number of allylic oxidation sites excluding steroid dienone is 1. The highest BCUT2D eigenvalue weighted by Gasteiger charge is 2.10.